The van der Waals surface area contributed by atoms with Gasteiger partial charge in [0.1, 0.15) is 5.78 Å². The van der Waals surface area contributed by atoms with Gasteiger partial charge in [-0.3, -0.25) is 9.59 Å². The summed E-state index contributed by atoms with van der Waals surface area (Å²) in [6, 6.07) is 0. The largest absolute Gasteiger partial charge is 0.481 e. The van der Waals surface area contributed by atoms with Crippen molar-refractivity contribution in [1.82, 2.24) is 0 Å². The first-order valence-electron chi connectivity index (χ1n) is 11.9. The number of carbonyl (C=O) groups is 2. The summed E-state index contributed by atoms with van der Waals surface area (Å²) < 4.78 is 5.63. The second-order valence-corrected chi connectivity index (χ2v) is 8.01. The van der Waals surface area contributed by atoms with E-state index in [1.165, 1.54) is 19.3 Å². The summed E-state index contributed by atoms with van der Waals surface area (Å²) in [5, 5.41) is 8.58. The van der Waals surface area contributed by atoms with Crippen LogP contribution in [-0.4, -0.2) is 30.1 Å². The van der Waals surface area contributed by atoms with Crippen LogP contribution in [0.2, 0.25) is 0 Å². The fourth-order valence-corrected chi connectivity index (χ4v) is 3.36. The quantitative estimate of drug-likeness (QED) is 0.140. The smallest absolute Gasteiger partial charge is 0.303 e. The third kappa shape index (κ3) is 21.0. The van der Waals surface area contributed by atoms with Crippen LogP contribution in [0, 0.1) is 0 Å². The van der Waals surface area contributed by atoms with Gasteiger partial charge < -0.3 is 9.84 Å². The predicted molar refractivity (Wildman–Crippen MR) is 126 cm³/mol. The van der Waals surface area contributed by atoms with E-state index in [1.807, 2.05) is 6.08 Å². The third-order valence-corrected chi connectivity index (χ3v) is 5.20. The van der Waals surface area contributed by atoms with E-state index in [0.717, 1.165) is 89.2 Å². The highest BCUT2D eigenvalue weighted by molar-refractivity contribution is 5.78. The Morgan fingerprint density at radius 3 is 1.63 bits per heavy atom. The molecule has 0 atom stereocenters. The van der Waals surface area contributed by atoms with Crippen LogP contribution in [0.15, 0.2) is 37.0 Å². The molecular weight excluding hydrogens is 376 g/mol. The second kappa shape index (κ2) is 22.0. The summed E-state index contributed by atoms with van der Waals surface area (Å²) in [4.78, 5) is 22.3. The maximum Gasteiger partial charge on any atom is 0.303 e. The highest BCUT2D eigenvalue weighted by atomic mass is 16.5. The lowest BCUT2D eigenvalue weighted by atomic mass is 10.0. The number of Topliss-reactive ketones (excluding diaryl/α,β-unsaturated/α-hetero) is 1. The Hall–Kier alpha value is -1.68. The molecule has 0 saturated heterocycles. The standard InChI is InChI=1S/C26H44O4/c1-3-18-24(4-2)23-30-22-17-13-9-8-11-15-20-25(27)19-14-10-6-5-7-12-16-21-26(28)29/h3-4,18H,1-2,5-17,19-23H2,(H,28,29)/b24-18+. The molecule has 0 aromatic carbocycles. The number of ether oxygens (including phenoxy) is 1. The SMILES string of the molecule is C=C/C=C(\C=C)COCCCCCCCCC(=O)CCCCCCCCCC(=O)O. The van der Waals surface area contributed by atoms with Crippen molar-refractivity contribution < 1.29 is 19.4 Å². The maximum atomic E-state index is 11.9. The lowest BCUT2D eigenvalue weighted by molar-refractivity contribution is -0.137. The van der Waals surface area contributed by atoms with Crippen LogP contribution in [0.4, 0.5) is 0 Å². The van der Waals surface area contributed by atoms with Gasteiger partial charge in [-0.15, -0.1) is 0 Å². The minimum atomic E-state index is -0.700. The van der Waals surface area contributed by atoms with E-state index in [2.05, 4.69) is 13.2 Å². The summed E-state index contributed by atoms with van der Waals surface area (Å²) in [6.45, 7) is 8.81. The molecule has 0 radical (unpaired) electrons. The Bertz CT molecular complexity index is 493. The fourth-order valence-electron chi connectivity index (χ4n) is 3.36. The molecule has 0 spiro atoms. The molecule has 0 rings (SSSR count). The number of hydrogen-bond donors (Lipinski definition) is 1. The molecule has 0 bridgehead atoms. The van der Waals surface area contributed by atoms with Gasteiger partial charge in [0, 0.05) is 25.9 Å². The van der Waals surface area contributed by atoms with Crippen molar-refractivity contribution in [3.8, 4) is 0 Å². The first kappa shape index (κ1) is 28.3. The Morgan fingerprint density at radius 1 is 0.700 bits per heavy atom. The summed E-state index contributed by atoms with van der Waals surface area (Å²) in [6.07, 6.45) is 21.4. The van der Waals surface area contributed by atoms with E-state index in [0.29, 0.717) is 12.4 Å². The lowest BCUT2D eigenvalue weighted by Crippen LogP contribution is -1.99. The number of carboxylic acids is 1. The van der Waals surface area contributed by atoms with Gasteiger partial charge in [0.05, 0.1) is 6.61 Å². The van der Waals surface area contributed by atoms with Gasteiger partial charge in [-0.2, -0.15) is 0 Å². The minimum Gasteiger partial charge on any atom is -0.481 e. The van der Waals surface area contributed by atoms with E-state index in [4.69, 9.17) is 9.84 Å². The van der Waals surface area contributed by atoms with Gasteiger partial charge in [0.15, 0.2) is 0 Å². The average Bonchev–Trinajstić information content (AvgIpc) is 2.72. The summed E-state index contributed by atoms with van der Waals surface area (Å²) in [5.74, 6) is -0.288. The van der Waals surface area contributed by atoms with Crippen LogP contribution in [-0.2, 0) is 14.3 Å². The van der Waals surface area contributed by atoms with Gasteiger partial charge >= 0.3 is 5.97 Å². The van der Waals surface area contributed by atoms with Crippen molar-refractivity contribution in [3.63, 3.8) is 0 Å². The van der Waals surface area contributed by atoms with Gasteiger partial charge in [0.2, 0.25) is 0 Å². The molecule has 0 heterocycles. The van der Waals surface area contributed by atoms with Gasteiger partial charge in [-0.05, 0) is 31.3 Å². The Labute approximate surface area is 184 Å². The Morgan fingerprint density at radius 2 is 1.17 bits per heavy atom. The van der Waals surface area contributed by atoms with Gasteiger partial charge in [-0.1, -0.05) is 89.2 Å². The molecule has 0 fully saturated rings. The van der Waals surface area contributed by atoms with Gasteiger partial charge in [0.25, 0.3) is 0 Å². The van der Waals surface area contributed by atoms with E-state index in [1.54, 1.807) is 12.2 Å². The van der Waals surface area contributed by atoms with Crippen molar-refractivity contribution in [2.45, 2.75) is 103 Å². The third-order valence-electron chi connectivity index (χ3n) is 5.20. The number of unbranched alkanes of at least 4 members (excludes halogenated alkanes) is 11. The molecule has 0 aromatic heterocycles. The van der Waals surface area contributed by atoms with Crippen LogP contribution >= 0.6 is 0 Å². The minimum absolute atomic E-state index is 0.286. The highest BCUT2D eigenvalue weighted by Crippen LogP contribution is 2.12. The Kier molecular flexibility index (Phi) is 20.8. The molecule has 172 valence electrons. The topological polar surface area (TPSA) is 63.6 Å². The average molecular weight is 421 g/mol. The van der Waals surface area contributed by atoms with Crippen molar-refractivity contribution in [2.24, 2.45) is 0 Å². The Balaban J connectivity index is 3.30. The number of hydrogen-bond acceptors (Lipinski definition) is 3. The zero-order valence-electron chi connectivity index (χ0n) is 19.0. The molecular formula is C26H44O4. The lowest BCUT2D eigenvalue weighted by Gasteiger charge is -2.05. The summed E-state index contributed by atoms with van der Waals surface area (Å²) >= 11 is 0. The molecule has 1 N–H and O–H groups in total. The molecule has 0 aliphatic heterocycles. The second-order valence-electron chi connectivity index (χ2n) is 8.01. The predicted octanol–water partition coefficient (Wildman–Crippen LogP) is 7.20. The van der Waals surface area contributed by atoms with E-state index < -0.39 is 5.97 Å². The number of carbonyl (C=O) groups excluding carboxylic acids is 1. The molecule has 0 amide bonds. The van der Waals surface area contributed by atoms with Crippen LogP contribution in [0.5, 0.6) is 0 Å². The summed E-state index contributed by atoms with van der Waals surface area (Å²) in [5.41, 5.74) is 1.06. The molecule has 4 heteroatoms. The number of ketones is 1. The number of aliphatic carboxylic acids is 1. The number of allylic oxidation sites excluding steroid dienone is 2. The first-order chi connectivity index (χ1) is 14.6. The molecule has 0 aliphatic carbocycles. The fraction of sp³-hybridized carbons (Fsp3) is 0.692. The van der Waals surface area contributed by atoms with Crippen molar-refractivity contribution in [3.05, 3.63) is 37.0 Å². The zero-order chi connectivity index (χ0) is 22.3. The van der Waals surface area contributed by atoms with E-state index in [9.17, 15) is 9.59 Å². The zero-order valence-corrected chi connectivity index (χ0v) is 19.0. The van der Waals surface area contributed by atoms with Crippen LogP contribution in [0.3, 0.4) is 0 Å². The van der Waals surface area contributed by atoms with E-state index in [-0.39, 0.29) is 6.42 Å². The van der Waals surface area contributed by atoms with Gasteiger partial charge in [-0.25, -0.2) is 0 Å². The van der Waals surface area contributed by atoms with Crippen LogP contribution in [0.1, 0.15) is 103 Å². The molecule has 0 unspecified atom stereocenters. The van der Waals surface area contributed by atoms with Crippen LogP contribution in [0.25, 0.3) is 0 Å². The van der Waals surface area contributed by atoms with Crippen LogP contribution < -0.4 is 0 Å². The summed E-state index contributed by atoms with van der Waals surface area (Å²) in [7, 11) is 0. The highest BCUT2D eigenvalue weighted by Gasteiger charge is 2.02. The molecule has 0 saturated carbocycles. The van der Waals surface area contributed by atoms with Crippen molar-refractivity contribution >= 4 is 11.8 Å². The molecule has 0 aromatic rings. The first-order valence-corrected chi connectivity index (χ1v) is 11.9. The normalized spacial score (nSPS) is 11.4. The molecule has 0 aliphatic rings. The number of carboxylic acid groups (broad SMARTS) is 1. The van der Waals surface area contributed by atoms with Crippen molar-refractivity contribution in [2.75, 3.05) is 13.2 Å². The van der Waals surface area contributed by atoms with Crippen molar-refractivity contribution in [1.29, 1.82) is 0 Å². The number of rotatable bonds is 23. The molecule has 30 heavy (non-hydrogen) atoms. The maximum absolute atomic E-state index is 11.9. The van der Waals surface area contributed by atoms with E-state index >= 15 is 0 Å². The monoisotopic (exact) mass is 420 g/mol. The molecule has 4 nitrogen and oxygen atoms in total.